The molecule has 4 heteroatoms. The number of amides is 1. The van der Waals surface area contributed by atoms with Gasteiger partial charge in [-0.05, 0) is 33.1 Å². The summed E-state index contributed by atoms with van der Waals surface area (Å²) in [5.41, 5.74) is 2.80. The Morgan fingerprint density at radius 2 is 2.31 bits per heavy atom. The molecule has 0 saturated carbocycles. The van der Waals surface area contributed by atoms with Gasteiger partial charge in [0.15, 0.2) is 0 Å². The van der Waals surface area contributed by atoms with Crippen LogP contribution < -0.4 is 10.8 Å². The van der Waals surface area contributed by atoms with Crippen LogP contribution >= 0.6 is 0 Å². The van der Waals surface area contributed by atoms with E-state index in [-0.39, 0.29) is 18.1 Å². The van der Waals surface area contributed by atoms with Gasteiger partial charge in [0.25, 0.3) is 0 Å². The summed E-state index contributed by atoms with van der Waals surface area (Å²) in [4.78, 5) is 16.6. The van der Waals surface area contributed by atoms with Gasteiger partial charge in [-0.15, -0.1) is 0 Å². The summed E-state index contributed by atoms with van der Waals surface area (Å²) in [6.45, 7) is 4.65. The molecule has 13 heavy (non-hydrogen) atoms. The zero-order valence-electron chi connectivity index (χ0n) is 8.30. The molecule has 1 amide bonds. The monoisotopic (exact) mass is 186 g/mol. The summed E-state index contributed by atoms with van der Waals surface area (Å²) in [6, 6.07) is -0.176. The van der Waals surface area contributed by atoms with Crippen molar-refractivity contribution in [2.45, 2.75) is 45.3 Å². The van der Waals surface area contributed by atoms with Crippen LogP contribution in [0.5, 0.6) is 0 Å². The van der Waals surface area contributed by atoms with Crippen molar-refractivity contribution in [1.82, 2.24) is 10.8 Å². The maximum Gasteiger partial charge on any atom is 0.239 e. The van der Waals surface area contributed by atoms with Gasteiger partial charge in [0.2, 0.25) is 5.91 Å². The predicted molar refractivity (Wildman–Crippen MR) is 50.0 cm³/mol. The molecule has 1 aliphatic rings. The highest BCUT2D eigenvalue weighted by molar-refractivity contribution is 5.81. The third kappa shape index (κ3) is 3.74. The Morgan fingerprint density at radius 3 is 3.00 bits per heavy atom. The first-order valence-corrected chi connectivity index (χ1v) is 4.89. The van der Waals surface area contributed by atoms with Gasteiger partial charge in [-0.3, -0.25) is 9.63 Å². The maximum atomic E-state index is 11.4. The van der Waals surface area contributed by atoms with Gasteiger partial charge in [-0.25, -0.2) is 0 Å². The van der Waals surface area contributed by atoms with Gasteiger partial charge >= 0.3 is 0 Å². The summed E-state index contributed by atoms with van der Waals surface area (Å²) in [7, 11) is 0. The van der Waals surface area contributed by atoms with E-state index in [4.69, 9.17) is 4.84 Å². The molecule has 0 aromatic carbocycles. The smallest absolute Gasteiger partial charge is 0.239 e. The lowest BCUT2D eigenvalue weighted by Crippen LogP contribution is -2.43. The van der Waals surface area contributed by atoms with Crippen LogP contribution in [0.1, 0.15) is 33.1 Å². The second-order valence-electron chi connectivity index (χ2n) is 3.62. The van der Waals surface area contributed by atoms with Crippen LogP contribution in [-0.2, 0) is 9.63 Å². The van der Waals surface area contributed by atoms with Crippen LogP contribution in [0, 0.1) is 0 Å². The van der Waals surface area contributed by atoms with Crippen LogP contribution in [0.25, 0.3) is 0 Å². The van der Waals surface area contributed by atoms with Crippen LogP contribution in [0.4, 0.5) is 0 Å². The molecular weight excluding hydrogens is 168 g/mol. The average molecular weight is 186 g/mol. The lowest BCUT2D eigenvalue weighted by molar-refractivity contribution is -0.128. The zero-order chi connectivity index (χ0) is 9.68. The standard InChI is InChI=1S/C9H18N2O2/c1-7(2)13-11-8-5-3-4-6-10-9(8)12/h7-8,11H,3-6H2,1-2H3,(H,10,12). The van der Waals surface area contributed by atoms with Gasteiger partial charge in [0.05, 0.1) is 6.10 Å². The molecule has 0 spiro atoms. The Balaban J connectivity index is 2.32. The number of rotatable bonds is 3. The fourth-order valence-electron chi connectivity index (χ4n) is 1.27. The summed E-state index contributed by atoms with van der Waals surface area (Å²) in [6.07, 6.45) is 3.10. The third-order valence-electron chi connectivity index (χ3n) is 1.98. The second-order valence-corrected chi connectivity index (χ2v) is 3.62. The van der Waals surface area contributed by atoms with Crippen molar-refractivity contribution in [1.29, 1.82) is 0 Å². The fourth-order valence-corrected chi connectivity index (χ4v) is 1.27. The van der Waals surface area contributed by atoms with Gasteiger partial charge in [-0.1, -0.05) is 0 Å². The maximum absolute atomic E-state index is 11.4. The van der Waals surface area contributed by atoms with E-state index in [1.54, 1.807) is 0 Å². The molecule has 1 aliphatic heterocycles. The minimum Gasteiger partial charge on any atom is -0.355 e. The Kier molecular flexibility index (Phi) is 4.18. The summed E-state index contributed by atoms with van der Waals surface area (Å²) in [5, 5.41) is 2.84. The van der Waals surface area contributed by atoms with E-state index >= 15 is 0 Å². The Hall–Kier alpha value is -0.610. The summed E-state index contributed by atoms with van der Waals surface area (Å²) in [5.74, 6) is 0.0538. The molecular formula is C9H18N2O2. The van der Waals surface area contributed by atoms with Crippen molar-refractivity contribution < 1.29 is 9.63 Å². The molecule has 0 aromatic rings. The molecule has 1 fully saturated rings. The van der Waals surface area contributed by atoms with Gasteiger partial charge in [0.1, 0.15) is 6.04 Å². The lowest BCUT2D eigenvalue weighted by atomic mass is 10.1. The van der Waals surface area contributed by atoms with Crippen molar-refractivity contribution in [3.05, 3.63) is 0 Å². The Morgan fingerprint density at radius 1 is 1.54 bits per heavy atom. The first-order chi connectivity index (χ1) is 6.20. The van der Waals surface area contributed by atoms with E-state index in [0.29, 0.717) is 0 Å². The zero-order valence-corrected chi connectivity index (χ0v) is 8.30. The van der Waals surface area contributed by atoms with E-state index < -0.39 is 0 Å². The van der Waals surface area contributed by atoms with E-state index in [1.807, 2.05) is 13.8 Å². The van der Waals surface area contributed by atoms with Crippen LogP contribution in [0.15, 0.2) is 0 Å². The van der Waals surface area contributed by atoms with E-state index in [0.717, 1.165) is 25.8 Å². The molecule has 1 heterocycles. The molecule has 4 nitrogen and oxygen atoms in total. The highest BCUT2D eigenvalue weighted by atomic mass is 16.7. The molecule has 0 aliphatic carbocycles. The van der Waals surface area contributed by atoms with Crippen molar-refractivity contribution in [3.8, 4) is 0 Å². The minimum absolute atomic E-state index is 0.0538. The topological polar surface area (TPSA) is 50.4 Å². The third-order valence-corrected chi connectivity index (χ3v) is 1.98. The summed E-state index contributed by atoms with van der Waals surface area (Å²) >= 11 is 0. The van der Waals surface area contributed by atoms with Crippen molar-refractivity contribution in [2.75, 3.05) is 6.54 Å². The quantitative estimate of drug-likeness (QED) is 0.634. The van der Waals surface area contributed by atoms with Gasteiger partial charge < -0.3 is 5.32 Å². The first-order valence-electron chi connectivity index (χ1n) is 4.89. The van der Waals surface area contributed by atoms with Crippen molar-refractivity contribution >= 4 is 5.91 Å². The molecule has 0 radical (unpaired) electrons. The number of hydroxylamine groups is 1. The molecule has 1 rings (SSSR count). The Labute approximate surface area is 79.0 Å². The second kappa shape index (κ2) is 5.19. The first kappa shape index (κ1) is 10.5. The van der Waals surface area contributed by atoms with Crippen LogP contribution in [0.2, 0.25) is 0 Å². The Bertz CT molecular complexity index is 171. The molecule has 0 bridgehead atoms. The van der Waals surface area contributed by atoms with Crippen molar-refractivity contribution in [3.63, 3.8) is 0 Å². The fraction of sp³-hybridized carbons (Fsp3) is 0.889. The number of hydrogen-bond acceptors (Lipinski definition) is 3. The largest absolute Gasteiger partial charge is 0.355 e. The lowest BCUT2D eigenvalue weighted by Gasteiger charge is -2.16. The van der Waals surface area contributed by atoms with E-state index in [1.165, 1.54) is 0 Å². The van der Waals surface area contributed by atoms with Crippen LogP contribution in [-0.4, -0.2) is 24.6 Å². The molecule has 0 aromatic heterocycles. The average Bonchev–Trinajstić information content (AvgIpc) is 2.27. The molecule has 1 atom stereocenters. The summed E-state index contributed by atoms with van der Waals surface area (Å²) < 4.78 is 0. The SMILES string of the molecule is CC(C)ONC1CCCCNC1=O. The highest BCUT2D eigenvalue weighted by Crippen LogP contribution is 2.05. The minimum atomic E-state index is -0.176. The van der Waals surface area contributed by atoms with Crippen LogP contribution in [0.3, 0.4) is 0 Å². The number of carbonyl (C=O) groups excluding carboxylic acids is 1. The van der Waals surface area contributed by atoms with E-state index in [2.05, 4.69) is 10.8 Å². The molecule has 76 valence electrons. The normalized spacial score (nSPS) is 24.2. The van der Waals surface area contributed by atoms with Gasteiger partial charge in [-0.2, -0.15) is 5.48 Å². The molecule has 1 unspecified atom stereocenters. The van der Waals surface area contributed by atoms with Crippen molar-refractivity contribution in [2.24, 2.45) is 0 Å². The highest BCUT2D eigenvalue weighted by Gasteiger charge is 2.20. The molecule has 1 saturated heterocycles. The molecule has 2 N–H and O–H groups in total. The number of nitrogens with one attached hydrogen (secondary N) is 2. The van der Waals surface area contributed by atoms with E-state index in [9.17, 15) is 4.79 Å². The van der Waals surface area contributed by atoms with Gasteiger partial charge in [0, 0.05) is 6.54 Å². The number of hydrogen-bond donors (Lipinski definition) is 2. The number of carbonyl (C=O) groups is 1. The predicted octanol–water partition coefficient (Wildman–Crippen LogP) is 0.585.